The van der Waals surface area contributed by atoms with Crippen LogP contribution in [0.4, 0.5) is 0 Å². The number of carbonyl (C=O) groups is 1. The smallest absolute Gasteiger partial charge is 0.344 e. The predicted octanol–water partition coefficient (Wildman–Crippen LogP) is 3.64. The minimum absolute atomic E-state index is 0.0363. The zero-order chi connectivity index (χ0) is 18.4. The Balaban J connectivity index is 1.83. The van der Waals surface area contributed by atoms with Crippen molar-refractivity contribution in [3.63, 3.8) is 0 Å². The van der Waals surface area contributed by atoms with Crippen LogP contribution in [0.5, 0.6) is 5.75 Å². The van der Waals surface area contributed by atoms with E-state index in [1.165, 1.54) is 0 Å². The van der Waals surface area contributed by atoms with Gasteiger partial charge in [0.1, 0.15) is 5.75 Å². The highest BCUT2D eigenvalue weighted by atomic mass is 16.6. The van der Waals surface area contributed by atoms with E-state index in [9.17, 15) is 9.59 Å². The van der Waals surface area contributed by atoms with E-state index < -0.39 is 5.97 Å². The SMILES string of the molecule is CCOC(=O)COc1ccccc1/C=C/c1cc(=O)c2ccccc2[nH]1. The summed E-state index contributed by atoms with van der Waals surface area (Å²) in [6.07, 6.45) is 3.64. The number of pyridine rings is 1. The molecule has 0 aliphatic heterocycles. The van der Waals surface area contributed by atoms with Crippen LogP contribution in [0.3, 0.4) is 0 Å². The first-order valence-corrected chi connectivity index (χ1v) is 8.35. The second kappa shape index (κ2) is 8.16. The van der Waals surface area contributed by atoms with E-state index >= 15 is 0 Å². The Morgan fingerprint density at radius 1 is 1.08 bits per heavy atom. The van der Waals surface area contributed by atoms with Crippen molar-refractivity contribution < 1.29 is 14.3 Å². The molecular formula is C21H19NO4. The van der Waals surface area contributed by atoms with Crippen LogP contribution in [0.1, 0.15) is 18.2 Å². The van der Waals surface area contributed by atoms with E-state index in [0.29, 0.717) is 23.4 Å². The van der Waals surface area contributed by atoms with Crippen molar-refractivity contribution in [3.8, 4) is 5.75 Å². The molecule has 0 radical (unpaired) electrons. The molecule has 0 aliphatic rings. The molecule has 0 aliphatic carbocycles. The predicted molar refractivity (Wildman–Crippen MR) is 102 cm³/mol. The van der Waals surface area contributed by atoms with Gasteiger partial charge >= 0.3 is 5.97 Å². The summed E-state index contributed by atoms with van der Waals surface area (Å²) in [5.74, 6) is 0.157. The summed E-state index contributed by atoms with van der Waals surface area (Å²) in [7, 11) is 0. The van der Waals surface area contributed by atoms with Gasteiger partial charge in [0.15, 0.2) is 12.0 Å². The van der Waals surface area contributed by atoms with Crippen molar-refractivity contribution in [2.45, 2.75) is 6.92 Å². The standard InChI is InChI=1S/C21H19NO4/c1-2-25-21(24)14-26-20-10-6-3-7-15(20)11-12-16-13-19(23)17-8-4-5-9-18(17)22-16/h3-13H,2,14H2,1H3,(H,22,23)/b12-11+. The van der Waals surface area contributed by atoms with Gasteiger partial charge in [0.2, 0.25) is 0 Å². The molecule has 3 aromatic rings. The average Bonchev–Trinajstić information content (AvgIpc) is 2.66. The number of nitrogens with one attached hydrogen (secondary N) is 1. The summed E-state index contributed by atoms with van der Waals surface area (Å²) >= 11 is 0. The van der Waals surface area contributed by atoms with Crippen molar-refractivity contribution >= 4 is 29.0 Å². The lowest BCUT2D eigenvalue weighted by atomic mass is 10.1. The van der Waals surface area contributed by atoms with Crippen LogP contribution in [0.2, 0.25) is 0 Å². The lowest BCUT2D eigenvalue weighted by Gasteiger charge is -2.08. The third kappa shape index (κ3) is 4.19. The van der Waals surface area contributed by atoms with E-state index in [4.69, 9.17) is 9.47 Å². The molecule has 0 atom stereocenters. The van der Waals surface area contributed by atoms with Gasteiger partial charge in [-0.3, -0.25) is 4.79 Å². The number of H-pyrrole nitrogens is 1. The molecule has 1 N–H and O–H groups in total. The number of aromatic nitrogens is 1. The molecule has 0 spiro atoms. The molecule has 2 aromatic carbocycles. The topological polar surface area (TPSA) is 68.4 Å². The van der Waals surface area contributed by atoms with Gasteiger partial charge in [-0.1, -0.05) is 30.3 Å². The van der Waals surface area contributed by atoms with Gasteiger partial charge in [0.05, 0.1) is 6.61 Å². The average molecular weight is 349 g/mol. The Morgan fingerprint density at radius 2 is 1.85 bits per heavy atom. The van der Waals surface area contributed by atoms with Gasteiger partial charge in [-0.05, 0) is 37.3 Å². The first-order chi connectivity index (χ1) is 12.7. The van der Waals surface area contributed by atoms with E-state index in [1.54, 1.807) is 31.2 Å². The van der Waals surface area contributed by atoms with E-state index in [1.807, 2.05) is 42.5 Å². The lowest BCUT2D eigenvalue weighted by Crippen LogP contribution is -2.14. The molecule has 0 saturated heterocycles. The van der Waals surface area contributed by atoms with Gasteiger partial charge in [-0.15, -0.1) is 0 Å². The second-order valence-electron chi connectivity index (χ2n) is 5.60. The number of hydrogen-bond donors (Lipinski definition) is 1. The Morgan fingerprint density at radius 3 is 2.69 bits per heavy atom. The number of benzene rings is 2. The van der Waals surface area contributed by atoms with Crippen molar-refractivity contribution in [2.75, 3.05) is 13.2 Å². The molecule has 3 rings (SSSR count). The van der Waals surface area contributed by atoms with Gasteiger partial charge < -0.3 is 14.5 Å². The maximum atomic E-state index is 12.2. The molecule has 5 nitrogen and oxygen atoms in total. The molecular weight excluding hydrogens is 330 g/mol. The zero-order valence-corrected chi connectivity index (χ0v) is 14.4. The number of rotatable bonds is 6. The van der Waals surface area contributed by atoms with Crippen LogP contribution in [0.25, 0.3) is 23.1 Å². The van der Waals surface area contributed by atoms with Crippen LogP contribution in [0.15, 0.2) is 59.4 Å². The highest BCUT2D eigenvalue weighted by Crippen LogP contribution is 2.20. The number of fused-ring (bicyclic) bond motifs is 1. The quantitative estimate of drug-likeness (QED) is 0.690. The summed E-state index contributed by atoms with van der Waals surface area (Å²) in [5.41, 5.74) is 2.23. The molecule has 0 bridgehead atoms. The molecule has 0 saturated carbocycles. The minimum Gasteiger partial charge on any atom is -0.481 e. The fourth-order valence-corrected chi connectivity index (χ4v) is 2.58. The van der Waals surface area contributed by atoms with Crippen LogP contribution >= 0.6 is 0 Å². The minimum atomic E-state index is -0.412. The van der Waals surface area contributed by atoms with Crippen LogP contribution < -0.4 is 10.2 Å². The third-order valence-electron chi connectivity index (χ3n) is 3.77. The lowest BCUT2D eigenvalue weighted by molar-refractivity contribution is -0.145. The van der Waals surface area contributed by atoms with Crippen molar-refractivity contribution in [2.24, 2.45) is 0 Å². The number of hydrogen-bond acceptors (Lipinski definition) is 4. The fraction of sp³-hybridized carbons (Fsp3) is 0.143. The molecule has 0 unspecified atom stereocenters. The number of ether oxygens (including phenoxy) is 2. The monoisotopic (exact) mass is 349 g/mol. The van der Waals surface area contributed by atoms with Gasteiger partial charge in [-0.25, -0.2) is 4.79 Å². The summed E-state index contributed by atoms with van der Waals surface area (Å²) in [6.45, 7) is 1.92. The zero-order valence-electron chi connectivity index (χ0n) is 14.4. The van der Waals surface area contributed by atoms with Gasteiger partial charge in [0.25, 0.3) is 0 Å². The van der Waals surface area contributed by atoms with Crippen molar-refractivity contribution in [3.05, 3.63) is 76.1 Å². The Hall–Kier alpha value is -3.34. The summed E-state index contributed by atoms with van der Waals surface area (Å²) in [5, 5.41) is 0.655. The summed E-state index contributed by atoms with van der Waals surface area (Å²) in [6, 6.07) is 16.3. The second-order valence-corrected chi connectivity index (χ2v) is 5.60. The number of carbonyl (C=O) groups excluding carboxylic acids is 1. The molecule has 26 heavy (non-hydrogen) atoms. The fourth-order valence-electron chi connectivity index (χ4n) is 2.58. The maximum Gasteiger partial charge on any atom is 0.344 e. The van der Waals surface area contributed by atoms with Gasteiger partial charge in [-0.2, -0.15) is 0 Å². The van der Waals surface area contributed by atoms with Crippen LogP contribution in [-0.4, -0.2) is 24.2 Å². The van der Waals surface area contributed by atoms with E-state index in [0.717, 1.165) is 11.1 Å². The molecule has 132 valence electrons. The van der Waals surface area contributed by atoms with E-state index in [2.05, 4.69) is 4.98 Å². The largest absolute Gasteiger partial charge is 0.481 e. The summed E-state index contributed by atoms with van der Waals surface area (Å²) < 4.78 is 10.4. The first kappa shape index (κ1) is 17.5. The normalized spacial score (nSPS) is 11.0. The number of aromatic amines is 1. The Kier molecular flexibility index (Phi) is 5.49. The Labute approximate surface area is 150 Å². The molecule has 0 fully saturated rings. The summed E-state index contributed by atoms with van der Waals surface area (Å²) in [4.78, 5) is 26.9. The number of esters is 1. The molecule has 5 heteroatoms. The Bertz CT molecular complexity index is 1000. The maximum absolute atomic E-state index is 12.2. The third-order valence-corrected chi connectivity index (χ3v) is 3.77. The van der Waals surface area contributed by atoms with E-state index in [-0.39, 0.29) is 12.0 Å². The van der Waals surface area contributed by atoms with Crippen molar-refractivity contribution in [1.29, 1.82) is 0 Å². The number of para-hydroxylation sites is 2. The molecule has 1 aromatic heterocycles. The molecule has 0 amide bonds. The molecule has 1 heterocycles. The van der Waals surface area contributed by atoms with Crippen molar-refractivity contribution in [1.82, 2.24) is 4.98 Å². The first-order valence-electron chi connectivity index (χ1n) is 8.35. The highest BCUT2D eigenvalue weighted by Gasteiger charge is 2.06. The van der Waals surface area contributed by atoms with Crippen LogP contribution in [0, 0.1) is 0 Å². The van der Waals surface area contributed by atoms with Gasteiger partial charge in [0, 0.05) is 28.2 Å². The highest BCUT2D eigenvalue weighted by molar-refractivity contribution is 5.81. The van der Waals surface area contributed by atoms with Crippen LogP contribution in [-0.2, 0) is 9.53 Å².